The zero-order valence-corrected chi connectivity index (χ0v) is 21.1. The number of halogens is 1. The van der Waals surface area contributed by atoms with Crippen LogP contribution in [0.15, 0.2) is 85.1 Å². The van der Waals surface area contributed by atoms with Gasteiger partial charge in [0.05, 0.1) is 30.8 Å². The van der Waals surface area contributed by atoms with Gasteiger partial charge >= 0.3 is 0 Å². The van der Waals surface area contributed by atoms with E-state index in [1.165, 1.54) is 11.6 Å². The van der Waals surface area contributed by atoms with Gasteiger partial charge < -0.3 is 4.74 Å². The van der Waals surface area contributed by atoms with E-state index in [-0.39, 0.29) is 5.82 Å². The first-order valence-corrected chi connectivity index (χ1v) is 13.3. The van der Waals surface area contributed by atoms with E-state index in [0.717, 1.165) is 81.3 Å². The molecule has 2 aliphatic heterocycles. The third-order valence-corrected chi connectivity index (χ3v) is 7.71. The van der Waals surface area contributed by atoms with Crippen LogP contribution in [0.5, 0.6) is 0 Å². The highest BCUT2D eigenvalue weighted by molar-refractivity contribution is 5.68. The van der Waals surface area contributed by atoms with Crippen LogP contribution < -0.4 is 0 Å². The SMILES string of the molecule is Fc1ccccc1-c1c(CN2CCC(N3CCOCC3)CC2)cnn1-c1ccc(-c2ccccc2)cc1. The van der Waals surface area contributed by atoms with Crippen LogP contribution in [-0.2, 0) is 11.3 Å². The molecule has 6 heteroatoms. The minimum absolute atomic E-state index is 0.225. The number of aromatic nitrogens is 2. The minimum atomic E-state index is -0.225. The molecule has 2 fully saturated rings. The van der Waals surface area contributed by atoms with Crippen LogP contribution in [0.25, 0.3) is 28.1 Å². The van der Waals surface area contributed by atoms with Crippen molar-refractivity contribution >= 4 is 0 Å². The van der Waals surface area contributed by atoms with Crippen LogP contribution in [0, 0.1) is 5.82 Å². The summed E-state index contributed by atoms with van der Waals surface area (Å²) in [6.45, 7) is 6.61. The number of ether oxygens (including phenoxy) is 1. The molecule has 0 atom stereocenters. The molecule has 0 spiro atoms. The lowest BCUT2D eigenvalue weighted by Gasteiger charge is -2.40. The molecule has 190 valence electrons. The molecule has 0 aliphatic carbocycles. The first-order chi connectivity index (χ1) is 18.3. The summed E-state index contributed by atoms with van der Waals surface area (Å²) < 4.78 is 22.5. The largest absolute Gasteiger partial charge is 0.379 e. The van der Waals surface area contributed by atoms with Gasteiger partial charge in [0.25, 0.3) is 0 Å². The summed E-state index contributed by atoms with van der Waals surface area (Å²) in [6.07, 6.45) is 4.23. The van der Waals surface area contributed by atoms with Crippen molar-refractivity contribution in [1.29, 1.82) is 0 Å². The molecule has 0 saturated carbocycles. The highest BCUT2D eigenvalue weighted by Crippen LogP contribution is 2.31. The maximum Gasteiger partial charge on any atom is 0.132 e. The highest BCUT2D eigenvalue weighted by Gasteiger charge is 2.27. The molecule has 1 aromatic heterocycles. The first kappa shape index (κ1) is 24.0. The van der Waals surface area contributed by atoms with Crippen molar-refractivity contribution < 1.29 is 9.13 Å². The number of benzene rings is 3. The topological polar surface area (TPSA) is 33.5 Å². The fourth-order valence-electron chi connectivity index (χ4n) is 5.69. The number of piperidine rings is 1. The van der Waals surface area contributed by atoms with E-state index >= 15 is 4.39 Å². The Labute approximate surface area is 218 Å². The van der Waals surface area contributed by atoms with Crippen molar-refractivity contribution in [3.63, 3.8) is 0 Å². The fraction of sp³-hybridized carbons (Fsp3) is 0.323. The molecule has 2 aliphatic rings. The van der Waals surface area contributed by atoms with Gasteiger partial charge in [-0.1, -0.05) is 54.6 Å². The first-order valence-electron chi connectivity index (χ1n) is 13.3. The molecule has 0 unspecified atom stereocenters. The quantitative estimate of drug-likeness (QED) is 0.346. The average Bonchev–Trinajstić information content (AvgIpc) is 3.38. The molecule has 2 saturated heterocycles. The van der Waals surface area contributed by atoms with Crippen LogP contribution in [0.3, 0.4) is 0 Å². The Balaban J connectivity index is 1.26. The van der Waals surface area contributed by atoms with Crippen molar-refractivity contribution in [2.75, 3.05) is 39.4 Å². The van der Waals surface area contributed by atoms with Gasteiger partial charge in [-0.05, 0) is 61.3 Å². The summed E-state index contributed by atoms with van der Waals surface area (Å²) in [4.78, 5) is 5.07. The van der Waals surface area contributed by atoms with Gasteiger partial charge in [0.2, 0.25) is 0 Å². The maximum atomic E-state index is 15.1. The van der Waals surface area contributed by atoms with E-state index in [1.807, 2.05) is 41.2 Å². The van der Waals surface area contributed by atoms with Crippen molar-refractivity contribution in [2.45, 2.75) is 25.4 Å². The van der Waals surface area contributed by atoms with Gasteiger partial charge in [-0.2, -0.15) is 5.10 Å². The molecular formula is C31H33FN4O. The van der Waals surface area contributed by atoms with Crippen LogP contribution in [0.1, 0.15) is 18.4 Å². The third kappa shape index (κ3) is 5.23. The maximum absolute atomic E-state index is 15.1. The molecule has 37 heavy (non-hydrogen) atoms. The smallest absolute Gasteiger partial charge is 0.132 e. The van der Waals surface area contributed by atoms with Gasteiger partial charge in [0.15, 0.2) is 0 Å². The number of rotatable bonds is 6. The molecule has 4 aromatic rings. The lowest BCUT2D eigenvalue weighted by molar-refractivity contribution is 0.000241. The van der Waals surface area contributed by atoms with E-state index in [4.69, 9.17) is 9.84 Å². The second-order valence-corrected chi connectivity index (χ2v) is 9.98. The standard InChI is InChI=1S/C31H33FN4O/c32-30-9-5-4-8-29(30)31-26(23-34-16-14-27(15-17-34)35-18-20-37-21-19-35)22-33-36(31)28-12-10-25(11-13-28)24-6-2-1-3-7-24/h1-13,22,27H,14-21,23H2. The Hall–Kier alpha value is -3.32. The van der Waals surface area contributed by atoms with Gasteiger partial charge in [-0.25, -0.2) is 9.07 Å². The molecule has 0 bridgehead atoms. The minimum Gasteiger partial charge on any atom is -0.379 e. The Kier molecular flexibility index (Phi) is 7.13. The van der Waals surface area contributed by atoms with Crippen LogP contribution in [0.4, 0.5) is 4.39 Å². The predicted octanol–water partition coefficient (Wildman–Crippen LogP) is 5.64. The number of morpholine rings is 1. The molecule has 0 N–H and O–H groups in total. The van der Waals surface area contributed by atoms with Crippen LogP contribution >= 0.6 is 0 Å². The molecular weight excluding hydrogens is 463 g/mol. The summed E-state index contributed by atoms with van der Waals surface area (Å²) >= 11 is 0. The summed E-state index contributed by atoms with van der Waals surface area (Å²) in [7, 11) is 0. The predicted molar refractivity (Wildman–Crippen MR) is 145 cm³/mol. The monoisotopic (exact) mass is 496 g/mol. The number of hydrogen-bond donors (Lipinski definition) is 0. The summed E-state index contributed by atoms with van der Waals surface area (Å²) in [5.74, 6) is -0.225. The zero-order chi connectivity index (χ0) is 25.0. The molecule has 0 radical (unpaired) electrons. The molecule has 3 aromatic carbocycles. The molecule has 3 heterocycles. The zero-order valence-electron chi connectivity index (χ0n) is 21.1. The van der Waals surface area contributed by atoms with E-state index in [1.54, 1.807) is 6.07 Å². The lowest BCUT2D eigenvalue weighted by atomic mass is 10.0. The van der Waals surface area contributed by atoms with E-state index in [0.29, 0.717) is 11.6 Å². The molecule has 0 amide bonds. The van der Waals surface area contributed by atoms with Crippen molar-refractivity contribution in [3.05, 3.63) is 96.4 Å². The number of nitrogens with zero attached hydrogens (tertiary/aromatic N) is 4. The summed E-state index contributed by atoms with van der Waals surface area (Å²) in [5.41, 5.74) is 5.72. The van der Waals surface area contributed by atoms with Gasteiger partial charge in [-0.15, -0.1) is 0 Å². The van der Waals surface area contributed by atoms with Crippen molar-refractivity contribution in [1.82, 2.24) is 19.6 Å². The molecule has 6 rings (SSSR count). The van der Waals surface area contributed by atoms with E-state index < -0.39 is 0 Å². The van der Waals surface area contributed by atoms with E-state index in [2.05, 4.69) is 46.2 Å². The Morgan fingerprint density at radius 1 is 0.784 bits per heavy atom. The molecule has 5 nitrogen and oxygen atoms in total. The van der Waals surface area contributed by atoms with Gasteiger partial charge in [0, 0.05) is 36.8 Å². The van der Waals surface area contributed by atoms with Crippen LogP contribution in [-0.4, -0.2) is 65.0 Å². The Bertz CT molecular complexity index is 1310. The Morgan fingerprint density at radius 3 is 2.19 bits per heavy atom. The van der Waals surface area contributed by atoms with Crippen molar-refractivity contribution in [3.8, 4) is 28.1 Å². The van der Waals surface area contributed by atoms with Gasteiger partial charge in [0.1, 0.15) is 5.82 Å². The highest BCUT2D eigenvalue weighted by atomic mass is 19.1. The average molecular weight is 497 g/mol. The normalized spacial score (nSPS) is 17.8. The third-order valence-electron chi connectivity index (χ3n) is 7.71. The fourth-order valence-corrected chi connectivity index (χ4v) is 5.69. The number of likely N-dealkylation sites (tertiary alicyclic amines) is 1. The van der Waals surface area contributed by atoms with Crippen molar-refractivity contribution in [2.24, 2.45) is 0 Å². The second kappa shape index (κ2) is 11.0. The second-order valence-electron chi connectivity index (χ2n) is 9.98. The lowest BCUT2D eigenvalue weighted by Crippen LogP contribution is -2.48. The van der Waals surface area contributed by atoms with Gasteiger partial charge in [-0.3, -0.25) is 9.80 Å². The Morgan fingerprint density at radius 2 is 1.46 bits per heavy atom. The van der Waals surface area contributed by atoms with E-state index in [9.17, 15) is 0 Å². The summed E-state index contributed by atoms with van der Waals surface area (Å²) in [6, 6.07) is 26.3. The number of hydrogen-bond acceptors (Lipinski definition) is 4. The summed E-state index contributed by atoms with van der Waals surface area (Å²) in [5, 5.41) is 4.76. The van der Waals surface area contributed by atoms with Crippen LogP contribution in [0.2, 0.25) is 0 Å².